The number of nitrogens with two attached hydrogens (primary N) is 1. The molecular formula is C12H22N2O3S2. The molecule has 1 rings (SSSR count). The highest BCUT2D eigenvalue weighted by atomic mass is 32.2. The van der Waals surface area contributed by atoms with E-state index in [1.807, 2.05) is 13.8 Å². The van der Waals surface area contributed by atoms with Gasteiger partial charge in [-0.3, -0.25) is 0 Å². The minimum atomic E-state index is -3.44. The van der Waals surface area contributed by atoms with Gasteiger partial charge in [-0.1, -0.05) is 13.8 Å². The number of hydrogen-bond donors (Lipinski definition) is 1. The van der Waals surface area contributed by atoms with E-state index in [4.69, 9.17) is 10.5 Å². The maximum Gasteiger partial charge on any atom is 0.252 e. The minimum Gasteiger partial charge on any atom is -0.383 e. The topological polar surface area (TPSA) is 72.6 Å². The van der Waals surface area contributed by atoms with E-state index in [1.54, 1.807) is 18.6 Å². The Morgan fingerprint density at radius 1 is 1.47 bits per heavy atom. The number of thiophene rings is 1. The fourth-order valence-corrected chi connectivity index (χ4v) is 4.59. The van der Waals surface area contributed by atoms with Gasteiger partial charge in [0.25, 0.3) is 10.0 Å². The van der Waals surface area contributed by atoms with Gasteiger partial charge in [-0.2, -0.15) is 4.31 Å². The zero-order valence-electron chi connectivity index (χ0n) is 11.6. The summed E-state index contributed by atoms with van der Waals surface area (Å²) in [6, 6.07) is 1.65. The molecule has 19 heavy (non-hydrogen) atoms. The number of methoxy groups -OCH3 is 1. The lowest BCUT2D eigenvalue weighted by atomic mass is 10.2. The molecule has 0 aromatic carbocycles. The molecule has 2 N–H and O–H groups in total. The molecule has 0 saturated carbocycles. The Morgan fingerprint density at radius 2 is 2.16 bits per heavy atom. The zero-order valence-corrected chi connectivity index (χ0v) is 13.3. The summed E-state index contributed by atoms with van der Waals surface area (Å²) >= 11 is 1.22. The molecule has 0 aliphatic carbocycles. The van der Waals surface area contributed by atoms with Crippen LogP contribution in [-0.2, 0) is 21.3 Å². The molecule has 0 aliphatic rings. The maximum atomic E-state index is 12.5. The van der Waals surface area contributed by atoms with Crippen LogP contribution in [0, 0.1) is 5.92 Å². The first kappa shape index (κ1) is 16.6. The van der Waals surface area contributed by atoms with Gasteiger partial charge >= 0.3 is 0 Å². The van der Waals surface area contributed by atoms with Gasteiger partial charge < -0.3 is 10.5 Å². The average molecular weight is 306 g/mol. The normalized spacial score (nSPS) is 12.5. The number of rotatable bonds is 8. The first-order valence-electron chi connectivity index (χ1n) is 6.18. The lowest BCUT2D eigenvalue weighted by molar-refractivity contribution is 0.175. The molecule has 0 unspecified atom stereocenters. The summed E-state index contributed by atoms with van der Waals surface area (Å²) in [4.78, 5) is 0. The summed E-state index contributed by atoms with van der Waals surface area (Å²) in [7, 11) is -1.87. The fourth-order valence-electron chi connectivity index (χ4n) is 1.63. The highest BCUT2D eigenvalue weighted by Crippen LogP contribution is 2.24. The SMILES string of the molecule is COCCN(CC(C)C)S(=O)(=O)c1cc(CN)cs1. The van der Waals surface area contributed by atoms with Crippen LogP contribution in [0.4, 0.5) is 0 Å². The van der Waals surface area contributed by atoms with Crippen molar-refractivity contribution in [3.8, 4) is 0 Å². The third-order valence-corrected chi connectivity index (χ3v) is 5.90. The van der Waals surface area contributed by atoms with E-state index in [-0.39, 0.29) is 5.92 Å². The Labute approximate surface area is 119 Å². The van der Waals surface area contributed by atoms with Crippen LogP contribution in [-0.4, -0.2) is 39.5 Å². The summed E-state index contributed by atoms with van der Waals surface area (Å²) in [6.45, 7) is 5.59. The van der Waals surface area contributed by atoms with Crippen molar-refractivity contribution < 1.29 is 13.2 Å². The van der Waals surface area contributed by atoms with E-state index < -0.39 is 10.0 Å². The largest absolute Gasteiger partial charge is 0.383 e. The molecule has 0 bridgehead atoms. The second-order valence-electron chi connectivity index (χ2n) is 4.73. The molecule has 1 aromatic heterocycles. The van der Waals surface area contributed by atoms with Crippen molar-refractivity contribution >= 4 is 21.4 Å². The lowest BCUT2D eigenvalue weighted by Crippen LogP contribution is -2.36. The maximum absolute atomic E-state index is 12.5. The predicted octanol–water partition coefficient (Wildman–Crippen LogP) is 1.50. The Balaban J connectivity index is 2.96. The van der Waals surface area contributed by atoms with Crippen molar-refractivity contribution in [1.82, 2.24) is 4.31 Å². The molecule has 0 amide bonds. The summed E-state index contributed by atoms with van der Waals surface area (Å²) < 4.78 is 31.9. The monoisotopic (exact) mass is 306 g/mol. The van der Waals surface area contributed by atoms with Crippen LogP contribution >= 0.6 is 11.3 Å². The zero-order chi connectivity index (χ0) is 14.5. The molecular weight excluding hydrogens is 284 g/mol. The summed E-state index contributed by atoms with van der Waals surface area (Å²) in [5, 5.41) is 1.79. The lowest BCUT2D eigenvalue weighted by Gasteiger charge is -2.22. The summed E-state index contributed by atoms with van der Waals surface area (Å²) in [5.74, 6) is 0.264. The Hall–Kier alpha value is -0.470. The second-order valence-corrected chi connectivity index (χ2v) is 7.80. The van der Waals surface area contributed by atoms with Crippen LogP contribution in [0.2, 0.25) is 0 Å². The van der Waals surface area contributed by atoms with Gasteiger partial charge in [0.15, 0.2) is 0 Å². The Morgan fingerprint density at radius 3 is 2.63 bits per heavy atom. The quantitative estimate of drug-likeness (QED) is 0.790. The Kier molecular flexibility index (Phi) is 6.41. The van der Waals surface area contributed by atoms with E-state index in [0.717, 1.165) is 5.56 Å². The summed E-state index contributed by atoms with van der Waals surface area (Å²) in [6.07, 6.45) is 0. The highest BCUT2D eigenvalue weighted by molar-refractivity contribution is 7.91. The van der Waals surface area contributed by atoms with Crippen molar-refractivity contribution in [2.24, 2.45) is 11.7 Å². The van der Waals surface area contributed by atoms with Crippen LogP contribution < -0.4 is 5.73 Å². The molecule has 0 fully saturated rings. The standard InChI is InChI=1S/C12H22N2O3S2/c1-10(2)8-14(4-5-17-3)19(15,16)12-6-11(7-13)9-18-12/h6,9-10H,4-5,7-8,13H2,1-3H3. The van der Waals surface area contributed by atoms with Gasteiger partial charge in [0.1, 0.15) is 4.21 Å². The predicted molar refractivity (Wildman–Crippen MR) is 77.7 cm³/mol. The fraction of sp³-hybridized carbons (Fsp3) is 0.667. The first-order valence-corrected chi connectivity index (χ1v) is 8.50. The van der Waals surface area contributed by atoms with E-state index >= 15 is 0 Å². The van der Waals surface area contributed by atoms with Gasteiger partial charge in [-0.05, 0) is 22.9 Å². The van der Waals surface area contributed by atoms with E-state index in [9.17, 15) is 8.42 Å². The van der Waals surface area contributed by atoms with Crippen molar-refractivity contribution in [1.29, 1.82) is 0 Å². The molecule has 7 heteroatoms. The van der Waals surface area contributed by atoms with Crippen LogP contribution in [0.3, 0.4) is 0 Å². The Bertz CT molecular complexity index is 483. The van der Waals surface area contributed by atoms with Crippen molar-refractivity contribution in [3.05, 3.63) is 17.0 Å². The number of hydrogen-bond acceptors (Lipinski definition) is 5. The van der Waals surface area contributed by atoms with Gasteiger partial charge in [-0.25, -0.2) is 8.42 Å². The van der Waals surface area contributed by atoms with Crippen molar-refractivity contribution in [2.75, 3.05) is 26.8 Å². The van der Waals surface area contributed by atoms with Gasteiger partial charge in [0, 0.05) is 26.7 Å². The molecule has 5 nitrogen and oxygen atoms in total. The van der Waals surface area contributed by atoms with E-state index in [1.165, 1.54) is 15.6 Å². The second kappa shape index (κ2) is 7.35. The molecule has 1 aromatic rings. The first-order chi connectivity index (χ1) is 8.91. The van der Waals surface area contributed by atoms with Crippen molar-refractivity contribution in [3.63, 3.8) is 0 Å². The molecule has 0 aliphatic heterocycles. The number of sulfonamides is 1. The smallest absolute Gasteiger partial charge is 0.252 e. The van der Waals surface area contributed by atoms with Gasteiger partial charge in [0.2, 0.25) is 0 Å². The number of ether oxygens (including phenoxy) is 1. The average Bonchev–Trinajstić information content (AvgIpc) is 2.83. The summed E-state index contributed by atoms with van der Waals surface area (Å²) in [5.41, 5.74) is 6.37. The molecule has 1 heterocycles. The number of nitrogens with zero attached hydrogens (tertiary/aromatic N) is 1. The van der Waals surface area contributed by atoms with E-state index in [0.29, 0.717) is 30.5 Å². The molecule has 110 valence electrons. The third-order valence-electron chi connectivity index (χ3n) is 2.57. The highest BCUT2D eigenvalue weighted by Gasteiger charge is 2.26. The molecule has 0 radical (unpaired) electrons. The molecule has 0 atom stereocenters. The minimum absolute atomic E-state index is 0.264. The molecule has 0 saturated heterocycles. The van der Waals surface area contributed by atoms with Crippen LogP contribution in [0.5, 0.6) is 0 Å². The van der Waals surface area contributed by atoms with E-state index in [2.05, 4.69) is 0 Å². The van der Waals surface area contributed by atoms with Gasteiger partial charge in [0.05, 0.1) is 6.61 Å². The van der Waals surface area contributed by atoms with Crippen LogP contribution in [0.25, 0.3) is 0 Å². The molecule has 0 spiro atoms. The third kappa shape index (κ3) is 4.54. The van der Waals surface area contributed by atoms with Crippen LogP contribution in [0.15, 0.2) is 15.7 Å². The van der Waals surface area contributed by atoms with Crippen molar-refractivity contribution in [2.45, 2.75) is 24.6 Å². The van der Waals surface area contributed by atoms with Crippen LogP contribution in [0.1, 0.15) is 19.4 Å². The van der Waals surface area contributed by atoms with Gasteiger partial charge in [-0.15, -0.1) is 11.3 Å².